The van der Waals surface area contributed by atoms with Crippen LogP contribution in [0.1, 0.15) is 11.4 Å². The molecule has 0 aliphatic rings. The first-order chi connectivity index (χ1) is 11.0. The van der Waals surface area contributed by atoms with Gasteiger partial charge in [0.2, 0.25) is 11.7 Å². The highest BCUT2D eigenvalue weighted by Gasteiger charge is 2.19. The van der Waals surface area contributed by atoms with Crippen LogP contribution in [0.3, 0.4) is 0 Å². The van der Waals surface area contributed by atoms with Gasteiger partial charge in [0.25, 0.3) is 0 Å². The maximum atomic E-state index is 11.9. The summed E-state index contributed by atoms with van der Waals surface area (Å²) in [6.45, 7) is -0.333. The summed E-state index contributed by atoms with van der Waals surface area (Å²) in [5.41, 5.74) is 0.887. The Morgan fingerprint density at radius 1 is 1.43 bits per heavy atom. The molecule has 1 heterocycles. The predicted molar refractivity (Wildman–Crippen MR) is 79.6 cm³/mol. The van der Waals surface area contributed by atoms with E-state index in [0.29, 0.717) is 6.54 Å². The molecule has 9 heteroatoms. The van der Waals surface area contributed by atoms with Gasteiger partial charge in [-0.2, -0.15) is 0 Å². The van der Waals surface area contributed by atoms with E-state index in [1.54, 1.807) is 19.2 Å². The second-order valence-corrected chi connectivity index (χ2v) is 4.68. The maximum absolute atomic E-state index is 11.9. The van der Waals surface area contributed by atoms with Crippen molar-refractivity contribution in [3.63, 3.8) is 0 Å². The van der Waals surface area contributed by atoms with Gasteiger partial charge in [-0.1, -0.05) is 12.1 Å². The number of hydrogen-bond acceptors (Lipinski definition) is 6. The molecule has 0 bridgehead atoms. The first-order valence-corrected chi connectivity index (χ1v) is 6.74. The van der Waals surface area contributed by atoms with Gasteiger partial charge in [-0.15, -0.1) is 0 Å². The third-order valence-corrected chi connectivity index (χ3v) is 3.14. The summed E-state index contributed by atoms with van der Waals surface area (Å²) in [7, 11) is 1.57. The van der Waals surface area contributed by atoms with Crippen molar-refractivity contribution in [3.8, 4) is 5.75 Å². The van der Waals surface area contributed by atoms with Gasteiger partial charge in [0.05, 0.1) is 7.11 Å². The van der Waals surface area contributed by atoms with E-state index in [1.807, 2.05) is 12.1 Å². The Balaban J connectivity index is 1.95. The molecule has 0 saturated carbocycles. The number of aliphatic hydroxyl groups excluding tert-OH is 1. The van der Waals surface area contributed by atoms with Gasteiger partial charge in [-0.05, 0) is 27.6 Å². The number of nitrogens with one attached hydrogen (secondary N) is 1. The summed E-state index contributed by atoms with van der Waals surface area (Å²) in [6, 6.07) is 7.20. The highest BCUT2D eigenvalue weighted by atomic mass is 16.6. The maximum Gasteiger partial charge on any atom is 0.381 e. The molecule has 23 heavy (non-hydrogen) atoms. The Kier molecular flexibility index (Phi) is 5.26. The minimum absolute atomic E-state index is 0.0660. The lowest BCUT2D eigenvalue weighted by Crippen LogP contribution is -2.27. The third-order valence-electron chi connectivity index (χ3n) is 3.14. The number of carbonyl (C=O) groups is 1. The number of nitrogens with zero attached hydrogens (tertiary/aromatic N) is 3. The number of amides is 1. The van der Waals surface area contributed by atoms with E-state index >= 15 is 0 Å². The quantitative estimate of drug-likeness (QED) is 0.570. The smallest absolute Gasteiger partial charge is 0.381 e. The molecule has 1 aromatic heterocycles. The number of hydrogen-bond donors (Lipinski definition) is 2. The molecule has 1 aromatic carbocycles. The van der Waals surface area contributed by atoms with Crippen molar-refractivity contribution in [3.05, 3.63) is 52.0 Å². The Morgan fingerprint density at radius 3 is 2.70 bits per heavy atom. The number of methoxy groups -OCH3 is 1. The monoisotopic (exact) mass is 320 g/mol. The summed E-state index contributed by atoms with van der Waals surface area (Å²) in [6.07, 6.45) is 1.12. The van der Waals surface area contributed by atoms with Crippen molar-refractivity contribution in [2.75, 3.05) is 7.11 Å². The van der Waals surface area contributed by atoms with E-state index in [9.17, 15) is 14.9 Å². The average molecular weight is 320 g/mol. The molecule has 0 aliphatic heterocycles. The number of ether oxygens (including phenoxy) is 1. The van der Waals surface area contributed by atoms with Crippen LogP contribution in [0.2, 0.25) is 0 Å². The Hall–Kier alpha value is -2.94. The van der Waals surface area contributed by atoms with Crippen molar-refractivity contribution in [1.82, 2.24) is 14.9 Å². The highest BCUT2D eigenvalue weighted by Crippen LogP contribution is 2.12. The van der Waals surface area contributed by atoms with Gasteiger partial charge in [0, 0.05) is 6.54 Å². The predicted octanol–water partition coefficient (Wildman–Crippen LogP) is 0.609. The fourth-order valence-electron chi connectivity index (χ4n) is 1.94. The molecule has 2 N–H and O–H groups in total. The summed E-state index contributed by atoms with van der Waals surface area (Å²) in [5, 5.41) is 22.5. The fourth-order valence-corrected chi connectivity index (χ4v) is 1.94. The van der Waals surface area contributed by atoms with Crippen LogP contribution in [-0.2, 0) is 24.5 Å². The minimum Gasteiger partial charge on any atom is -0.497 e. The molecule has 1 amide bonds. The zero-order valence-corrected chi connectivity index (χ0v) is 12.4. The van der Waals surface area contributed by atoms with Crippen molar-refractivity contribution < 1.29 is 19.6 Å². The molecular formula is C14H16N4O5. The van der Waals surface area contributed by atoms with Crippen LogP contribution in [0.4, 0.5) is 5.82 Å². The zero-order valence-electron chi connectivity index (χ0n) is 12.4. The Bertz CT molecular complexity index is 696. The first-order valence-electron chi connectivity index (χ1n) is 6.74. The lowest BCUT2D eigenvalue weighted by atomic mass is 10.2. The Morgan fingerprint density at radius 2 is 2.13 bits per heavy atom. The van der Waals surface area contributed by atoms with Crippen LogP contribution in [-0.4, -0.2) is 32.6 Å². The summed E-state index contributed by atoms with van der Waals surface area (Å²) in [5.74, 6) is 0.0366. The second kappa shape index (κ2) is 7.36. The van der Waals surface area contributed by atoms with E-state index in [1.165, 1.54) is 4.57 Å². The third kappa shape index (κ3) is 4.27. The van der Waals surface area contributed by atoms with Gasteiger partial charge in [-0.3, -0.25) is 9.36 Å². The lowest BCUT2D eigenvalue weighted by Gasteiger charge is -2.07. The van der Waals surface area contributed by atoms with Crippen LogP contribution in [0.15, 0.2) is 30.5 Å². The summed E-state index contributed by atoms with van der Waals surface area (Å²) in [4.78, 5) is 25.6. The van der Waals surface area contributed by atoms with Crippen molar-refractivity contribution >= 4 is 11.7 Å². The lowest BCUT2D eigenvalue weighted by molar-refractivity contribution is -0.389. The van der Waals surface area contributed by atoms with Crippen LogP contribution < -0.4 is 10.1 Å². The molecule has 0 spiro atoms. The molecule has 2 rings (SSSR count). The second-order valence-electron chi connectivity index (χ2n) is 4.68. The Labute approximate surface area is 131 Å². The van der Waals surface area contributed by atoms with Gasteiger partial charge >= 0.3 is 5.82 Å². The van der Waals surface area contributed by atoms with Crippen LogP contribution in [0.25, 0.3) is 0 Å². The van der Waals surface area contributed by atoms with E-state index in [-0.39, 0.29) is 18.3 Å². The van der Waals surface area contributed by atoms with Crippen LogP contribution >= 0.6 is 0 Å². The first kappa shape index (κ1) is 16.4. The normalized spacial score (nSPS) is 10.3. The number of aromatic nitrogens is 2. The summed E-state index contributed by atoms with van der Waals surface area (Å²) < 4.78 is 6.30. The molecule has 0 atom stereocenters. The van der Waals surface area contributed by atoms with Gasteiger partial charge < -0.3 is 25.3 Å². The van der Waals surface area contributed by atoms with Crippen LogP contribution in [0.5, 0.6) is 5.75 Å². The van der Waals surface area contributed by atoms with Crippen molar-refractivity contribution in [2.45, 2.75) is 19.7 Å². The molecule has 0 aliphatic carbocycles. The molecule has 9 nitrogen and oxygen atoms in total. The average Bonchev–Trinajstić information content (AvgIpc) is 2.96. The number of aliphatic hydroxyl groups is 1. The van der Waals surface area contributed by atoms with Crippen LogP contribution in [0, 0.1) is 10.1 Å². The molecule has 0 fully saturated rings. The fraction of sp³-hybridized carbons (Fsp3) is 0.286. The van der Waals surface area contributed by atoms with E-state index in [2.05, 4.69) is 10.3 Å². The summed E-state index contributed by atoms with van der Waals surface area (Å²) >= 11 is 0. The zero-order chi connectivity index (χ0) is 16.8. The molecular weight excluding hydrogens is 304 g/mol. The number of rotatable bonds is 7. The number of carbonyl (C=O) groups excluding carboxylic acids is 1. The number of benzene rings is 1. The minimum atomic E-state index is -0.676. The van der Waals surface area contributed by atoms with Gasteiger partial charge in [0.1, 0.15) is 25.1 Å². The van der Waals surface area contributed by atoms with Crippen molar-refractivity contribution in [2.24, 2.45) is 0 Å². The SMILES string of the molecule is COc1ccc(CNC(=O)Cn2cc([N+](=O)[O-])nc2CO)cc1. The molecule has 0 unspecified atom stereocenters. The van der Waals surface area contributed by atoms with Gasteiger partial charge in [-0.25, -0.2) is 0 Å². The topological polar surface area (TPSA) is 120 Å². The molecule has 2 aromatic rings. The van der Waals surface area contributed by atoms with Gasteiger partial charge in [0.15, 0.2) is 0 Å². The highest BCUT2D eigenvalue weighted by molar-refractivity contribution is 5.75. The standard InChI is InChI=1S/C14H16N4O5/c1-23-11-4-2-10(3-5-11)6-15-14(20)8-17-7-12(18(21)22)16-13(17)9-19/h2-5,7,19H,6,8-9H2,1H3,(H,15,20). The van der Waals surface area contributed by atoms with E-state index < -0.39 is 17.3 Å². The van der Waals surface area contributed by atoms with Crippen molar-refractivity contribution in [1.29, 1.82) is 0 Å². The van der Waals surface area contributed by atoms with E-state index in [0.717, 1.165) is 17.5 Å². The number of imidazole rings is 1. The largest absolute Gasteiger partial charge is 0.497 e. The molecule has 122 valence electrons. The molecule has 0 saturated heterocycles. The van der Waals surface area contributed by atoms with E-state index in [4.69, 9.17) is 9.84 Å². The molecule has 0 radical (unpaired) electrons. The number of nitro groups is 1.